The number of Topliss-reactive ketones (excluding diaryl/α,β-unsaturated/α-hetero) is 1. The maximum Gasteiger partial charge on any atom is 0.409 e. The molecule has 0 aromatic heterocycles. The fourth-order valence-electron chi connectivity index (χ4n) is 1.24. The van der Waals surface area contributed by atoms with Gasteiger partial charge in [-0.2, -0.15) is 0 Å². The van der Waals surface area contributed by atoms with E-state index in [2.05, 4.69) is 0 Å². The summed E-state index contributed by atoms with van der Waals surface area (Å²) in [5.41, 5.74) is 0. The molecule has 0 aromatic rings. The highest BCUT2D eigenvalue weighted by Gasteiger charge is 2.26. The van der Waals surface area contributed by atoms with E-state index >= 15 is 0 Å². The van der Waals surface area contributed by atoms with Crippen molar-refractivity contribution in [2.75, 3.05) is 19.7 Å². The maximum atomic E-state index is 11.2. The highest BCUT2D eigenvalue weighted by Crippen LogP contribution is 2.15. The topological polar surface area (TPSA) is 46.6 Å². The van der Waals surface area contributed by atoms with Crippen molar-refractivity contribution < 1.29 is 14.3 Å². The van der Waals surface area contributed by atoms with Gasteiger partial charge in [0.05, 0.1) is 14.5 Å². The van der Waals surface area contributed by atoms with Gasteiger partial charge in [0.1, 0.15) is 5.78 Å². The molecule has 0 aliphatic carbocycles. The molecule has 70 valence electrons. The predicted molar refractivity (Wildman–Crippen MR) is 47.7 cm³/mol. The lowest BCUT2D eigenvalue weighted by atomic mass is 9.80. The van der Waals surface area contributed by atoms with Gasteiger partial charge in [0.15, 0.2) is 0 Å². The van der Waals surface area contributed by atoms with Crippen LogP contribution in [0.25, 0.3) is 0 Å². The van der Waals surface area contributed by atoms with Crippen molar-refractivity contribution in [2.24, 2.45) is 0 Å². The summed E-state index contributed by atoms with van der Waals surface area (Å²) in [4.78, 5) is 23.7. The Morgan fingerprint density at radius 2 is 2.46 bits per heavy atom. The first-order valence-electron chi connectivity index (χ1n) is 4.35. The molecule has 1 atom stereocenters. The fraction of sp³-hybridized carbons (Fsp3) is 0.750. The standard InChI is InChI=1S/C8H12BNO3/c1-2-13-8(12)10-4-3-7(11)6(9)5-10/h6H,2-5H2,1H3. The van der Waals surface area contributed by atoms with Gasteiger partial charge >= 0.3 is 6.09 Å². The van der Waals surface area contributed by atoms with Crippen LogP contribution in [0.15, 0.2) is 0 Å². The van der Waals surface area contributed by atoms with E-state index in [-0.39, 0.29) is 18.4 Å². The van der Waals surface area contributed by atoms with Crippen LogP contribution in [0.5, 0.6) is 0 Å². The normalized spacial score (nSPS) is 23.0. The zero-order chi connectivity index (χ0) is 9.84. The van der Waals surface area contributed by atoms with Gasteiger partial charge in [-0.15, -0.1) is 0 Å². The molecule has 2 radical (unpaired) electrons. The Labute approximate surface area is 78.6 Å². The molecule has 1 saturated heterocycles. The van der Waals surface area contributed by atoms with E-state index in [9.17, 15) is 9.59 Å². The molecule has 1 rings (SSSR count). The Balaban J connectivity index is 2.45. The van der Waals surface area contributed by atoms with Crippen molar-refractivity contribution in [3.63, 3.8) is 0 Å². The minimum atomic E-state index is -0.543. The van der Waals surface area contributed by atoms with Gasteiger partial charge in [-0.1, -0.05) is 0 Å². The lowest BCUT2D eigenvalue weighted by Crippen LogP contribution is -2.42. The van der Waals surface area contributed by atoms with Crippen LogP contribution in [-0.4, -0.2) is 44.3 Å². The summed E-state index contributed by atoms with van der Waals surface area (Å²) in [6.45, 7) is 2.79. The van der Waals surface area contributed by atoms with E-state index in [4.69, 9.17) is 12.6 Å². The summed E-state index contributed by atoms with van der Waals surface area (Å²) in [7, 11) is 5.50. The van der Waals surface area contributed by atoms with Crippen LogP contribution >= 0.6 is 0 Å². The molecule has 0 spiro atoms. The third-order valence-electron chi connectivity index (χ3n) is 1.98. The van der Waals surface area contributed by atoms with Crippen molar-refractivity contribution in [1.29, 1.82) is 0 Å². The first-order valence-corrected chi connectivity index (χ1v) is 4.35. The van der Waals surface area contributed by atoms with Crippen LogP contribution in [0, 0.1) is 0 Å². The van der Waals surface area contributed by atoms with Gasteiger partial charge in [-0.25, -0.2) is 4.79 Å². The van der Waals surface area contributed by atoms with Crippen LogP contribution in [0.2, 0.25) is 5.82 Å². The average molecular weight is 181 g/mol. The van der Waals surface area contributed by atoms with Gasteiger partial charge in [0, 0.05) is 19.5 Å². The second-order valence-corrected chi connectivity index (χ2v) is 2.97. The Morgan fingerprint density at radius 1 is 1.77 bits per heavy atom. The second-order valence-electron chi connectivity index (χ2n) is 2.97. The lowest BCUT2D eigenvalue weighted by molar-refractivity contribution is -0.120. The Bertz CT molecular complexity index is 219. The van der Waals surface area contributed by atoms with Crippen molar-refractivity contribution in [1.82, 2.24) is 4.90 Å². The monoisotopic (exact) mass is 181 g/mol. The van der Waals surface area contributed by atoms with E-state index in [1.54, 1.807) is 6.92 Å². The van der Waals surface area contributed by atoms with Gasteiger partial charge in [0.2, 0.25) is 0 Å². The van der Waals surface area contributed by atoms with Gasteiger partial charge in [-0.05, 0) is 12.7 Å². The van der Waals surface area contributed by atoms with Crippen LogP contribution in [-0.2, 0) is 9.53 Å². The molecule has 1 unspecified atom stereocenters. The molecular formula is C8H12BNO3. The van der Waals surface area contributed by atoms with Crippen LogP contribution in [0.3, 0.4) is 0 Å². The molecule has 1 aliphatic heterocycles. The SMILES string of the molecule is [B]C1CN(C(=O)OCC)CCC1=O. The Hall–Kier alpha value is -0.995. The average Bonchev–Trinajstić information content (AvgIpc) is 2.10. The minimum absolute atomic E-state index is 0.0144. The van der Waals surface area contributed by atoms with Gasteiger partial charge in [0.25, 0.3) is 0 Å². The molecule has 1 heterocycles. The van der Waals surface area contributed by atoms with Crippen molar-refractivity contribution >= 4 is 19.7 Å². The smallest absolute Gasteiger partial charge is 0.409 e. The Morgan fingerprint density at radius 3 is 3.00 bits per heavy atom. The number of amides is 1. The first kappa shape index (κ1) is 10.1. The summed E-state index contributed by atoms with van der Waals surface area (Å²) >= 11 is 0. The number of piperidine rings is 1. The first-order chi connectivity index (χ1) is 6.15. The molecule has 0 N–H and O–H groups in total. The number of carbonyl (C=O) groups excluding carboxylic acids is 2. The summed E-state index contributed by atoms with van der Waals surface area (Å²) in [6, 6.07) is 0. The number of hydrogen-bond acceptors (Lipinski definition) is 3. The predicted octanol–water partition coefficient (Wildman–Crippen LogP) is 0.375. The zero-order valence-electron chi connectivity index (χ0n) is 7.66. The molecule has 1 fully saturated rings. The summed E-state index contributed by atoms with van der Waals surface area (Å²) in [5, 5.41) is 0. The number of ether oxygens (including phenoxy) is 1. The molecule has 5 heteroatoms. The second kappa shape index (κ2) is 4.30. The van der Waals surface area contributed by atoms with Crippen molar-refractivity contribution in [3.05, 3.63) is 0 Å². The highest BCUT2D eigenvalue weighted by molar-refractivity contribution is 6.24. The number of likely N-dealkylation sites (tertiary alicyclic amines) is 1. The molecule has 0 bridgehead atoms. The fourth-order valence-corrected chi connectivity index (χ4v) is 1.24. The lowest BCUT2D eigenvalue weighted by Gasteiger charge is -2.29. The maximum absolute atomic E-state index is 11.2. The number of rotatable bonds is 1. The summed E-state index contributed by atoms with van der Waals surface area (Å²) in [5.74, 6) is -0.529. The third-order valence-corrected chi connectivity index (χ3v) is 1.98. The molecule has 0 saturated carbocycles. The largest absolute Gasteiger partial charge is 0.450 e. The van der Waals surface area contributed by atoms with Gasteiger partial charge in [-0.3, -0.25) is 0 Å². The zero-order valence-corrected chi connectivity index (χ0v) is 7.66. The summed E-state index contributed by atoms with van der Waals surface area (Å²) < 4.78 is 4.79. The number of nitrogens with zero attached hydrogens (tertiary/aromatic N) is 1. The van der Waals surface area contributed by atoms with E-state index in [1.165, 1.54) is 4.90 Å². The summed E-state index contributed by atoms with van der Waals surface area (Å²) in [6.07, 6.45) is -0.0505. The van der Waals surface area contributed by atoms with Crippen LogP contribution in [0.1, 0.15) is 13.3 Å². The van der Waals surface area contributed by atoms with E-state index in [0.717, 1.165) is 0 Å². The van der Waals surface area contributed by atoms with E-state index < -0.39 is 5.82 Å². The van der Waals surface area contributed by atoms with E-state index in [0.29, 0.717) is 19.6 Å². The van der Waals surface area contributed by atoms with Crippen molar-refractivity contribution in [2.45, 2.75) is 19.2 Å². The highest BCUT2D eigenvalue weighted by atomic mass is 16.6. The number of carbonyl (C=O) groups is 2. The Kier molecular flexibility index (Phi) is 3.34. The van der Waals surface area contributed by atoms with Crippen LogP contribution < -0.4 is 0 Å². The minimum Gasteiger partial charge on any atom is -0.450 e. The molecule has 0 aromatic carbocycles. The number of ketones is 1. The van der Waals surface area contributed by atoms with Gasteiger partial charge < -0.3 is 14.4 Å². The molecular weight excluding hydrogens is 169 g/mol. The van der Waals surface area contributed by atoms with Crippen LogP contribution in [0.4, 0.5) is 4.79 Å². The molecule has 4 nitrogen and oxygen atoms in total. The molecule has 1 amide bonds. The van der Waals surface area contributed by atoms with Crippen molar-refractivity contribution in [3.8, 4) is 0 Å². The third kappa shape index (κ3) is 2.47. The molecule has 13 heavy (non-hydrogen) atoms. The number of hydrogen-bond donors (Lipinski definition) is 0. The quantitative estimate of drug-likeness (QED) is 0.549. The molecule has 1 aliphatic rings. The van der Waals surface area contributed by atoms with E-state index in [1.807, 2.05) is 0 Å².